The predicted octanol–water partition coefficient (Wildman–Crippen LogP) is 5.33. The maximum Gasteiger partial charge on any atom is 0.259 e. The monoisotopic (exact) mass is 434 g/mol. The number of rotatable bonds is 7. The third kappa shape index (κ3) is 4.03. The van der Waals surface area contributed by atoms with E-state index in [4.69, 9.17) is 37.4 Å². The molecule has 0 atom stereocenters. The van der Waals surface area contributed by atoms with E-state index >= 15 is 0 Å². The zero-order valence-electron chi connectivity index (χ0n) is 14.9. The average Bonchev–Trinajstić information content (AvgIpc) is 3.29. The Kier molecular flexibility index (Phi) is 5.87. The van der Waals surface area contributed by atoms with Crippen LogP contribution in [0.25, 0.3) is 22.5 Å². The average molecular weight is 435 g/mol. The molecule has 0 unspecified atom stereocenters. The first-order valence-corrected chi connectivity index (χ1v) is 10.2. The first kappa shape index (κ1) is 19.3. The van der Waals surface area contributed by atoms with Gasteiger partial charge in [0.05, 0.1) is 34.0 Å². The van der Waals surface area contributed by atoms with E-state index in [0.717, 1.165) is 21.8 Å². The summed E-state index contributed by atoms with van der Waals surface area (Å²) in [6, 6.07) is 13.1. The number of thioether (sulfide) groups is 1. The number of aromatic nitrogens is 4. The highest BCUT2D eigenvalue weighted by Gasteiger charge is 2.15. The van der Waals surface area contributed by atoms with Crippen molar-refractivity contribution in [3.63, 3.8) is 0 Å². The highest BCUT2D eigenvalue weighted by atomic mass is 35.5. The molecule has 6 nitrogen and oxygen atoms in total. The molecule has 4 aromatic rings. The van der Waals surface area contributed by atoms with Gasteiger partial charge in [-0.15, -0.1) is 0 Å². The molecule has 2 aromatic carbocycles. The molecule has 2 heterocycles. The molecule has 0 spiro atoms. The summed E-state index contributed by atoms with van der Waals surface area (Å²) in [5, 5.41) is 6.13. The van der Waals surface area contributed by atoms with Gasteiger partial charge < -0.3 is 13.8 Å². The maximum atomic E-state index is 6.20. The van der Waals surface area contributed by atoms with E-state index in [2.05, 4.69) is 14.7 Å². The molecule has 0 fully saturated rings. The maximum absolute atomic E-state index is 6.20. The van der Waals surface area contributed by atoms with Crippen LogP contribution in [0.2, 0.25) is 10.0 Å². The normalized spacial score (nSPS) is 11.4. The molecule has 0 amide bonds. The third-order valence-corrected chi connectivity index (χ3v) is 5.63. The van der Waals surface area contributed by atoms with E-state index in [0.29, 0.717) is 40.7 Å². The van der Waals surface area contributed by atoms with Crippen LogP contribution < -0.4 is 0 Å². The Labute approximate surface area is 175 Å². The number of halogens is 2. The summed E-state index contributed by atoms with van der Waals surface area (Å²) in [6.45, 7) is 1.27. The molecule has 9 heteroatoms. The van der Waals surface area contributed by atoms with E-state index in [1.165, 1.54) is 11.8 Å². The van der Waals surface area contributed by atoms with Gasteiger partial charge in [-0.3, -0.25) is 0 Å². The van der Waals surface area contributed by atoms with Gasteiger partial charge in [0.1, 0.15) is 0 Å². The van der Waals surface area contributed by atoms with Crippen molar-refractivity contribution in [2.45, 2.75) is 17.5 Å². The smallest absolute Gasteiger partial charge is 0.259 e. The van der Waals surface area contributed by atoms with Crippen molar-refractivity contribution in [3.05, 3.63) is 58.3 Å². The lowest BCUT2D eigenvalue weighted by atomic mass is 10.2. The van der Waals surface area contributed by atoms with Crippen LogP contribution >= 0.6 is 35.0 Å². The van der Waals surface area contributed by atoms with Crippen molar-refractivity contribution in [2.75, 3.05) is 13.7 Å². The Bertz CT molecular complexity index is 1110. The number of hydrogen-bond acceptors (Lipinski definition) is 6. The van der Waals surface area contributed by atoms with Crippen LogP contribution in [-0.4, -0.2) is 33.4 Å². The topological polar surface area (TPSA) is 66.0 Å². The fraction of sp³-hybridized carbons (Fsp3) is 0.211. The molecule has 144 valence electrons. The first-order chi connectivity index (χ1) is 13.7. The van der Waals surface area contributed by atoms with Gasteiger partial charge in [-0.1, -0.05) is 52.3 Å². The summed E-state index contributed by atoms with van der Waals surface area (Å²) < 4.78 is 12.7. The second-order valence-corrected chi connectivity index (χ2v) is 7.74. The Morgan fingerprint density at radius 1 is 1.14 bits per heavy atom. The molecule has 4 rings (SSSR count). The van der Waals surface area contributed by atoms with Crippen molar-refractivity contribution in [2.24, 2.45) is 0 Å². The second kappa shape index (κ2) is 8.53. The summed E-state index contributed by atoms with van der Waals surface area (Å²) in [5.74, 6) is 1.49. The molecule has 0 N–H and O–H groups in total. The van der Waals surface area contributed by atoms with Crippen LogP contribution in [0, 0.1) is 0 Å². The number of ether oxygens (including phenoxy) is 1. The quantitative estimate of drug-likeness (QED) is 0.366. The van der Waals surface area contributed by atoms with Crippen molar-refractivity contribution in [3.8, 4) is 11.5 Å². The molecule has 0 radical (unpaired) electrons. The Morgan fingerprint density at radius 2 is 2.00 bits per heavy atom. The molecular formula is C19H16Cl2N4O2S. The van der Waals surface area contributed by atoms with Crippen molar-refractivity contribution < 1.29 is 9.26 Å². The Hall–Kier alpha value is -2.06. The first-order valence-electron chi connectivity index (χ1n) is 8.50. The van der Waals surface area contributed by atoms with Gasteiger partial charge in [0.15, 0.2) is 11.0 Å². The summed E-state index contributed by atoms with van der Waals surface area (Å²) in [5.41, 5.74) is 2.57. The van der Waals surface area contributed by atoms with Crippen LogP contribution in [0.4, 0.5) is 0 Å². The van der Waals surface area contributed by atoms with Gasteiger partial charge in [0.25, 0.3) is 5.89 Å². The number of methoxy groups -OCH3 is 1. The van der Waals surface area contributed by atoms with E-state index in [1.54, 1.807) is 13.2 Å². The molecule has 0 saturated carbocycles. The Morgan fingerprint density at radius 3 is 2.82 bits per heavy atom. The minimum Gasteiger partial charge on any atom is -0.383 e. The van der Waals surface area contributed by atoms with Crippen molar-refractivity contribution in [1.29, 1.82) is 0 Å². The van der Waals surface area contributed by atoms with E-state index in [1.807, 2.05) is 36.4 Å². The van der Waals surface area contributed by atoms with Gasteiger partial charge >= 0.3 is 0 Å². The predicted molar refractivity (Wildman–Crippen MR) is 111 cm³/mol. The third-order valence-electron chi connectivity index (χ3n) is 4.10. The van der Waals surface area contributed by atoms with E-state index in [-0.39, 0.29) is 0 Å². The van der Waals surface area contributed by atoms with Crippen molar-refractivity contribution in [1.82, 2.24) is 19.7 Å². The standard InChI is InChI=1S/C19H16Cl2N4O2S/c1-26-9-8-25-16-7-6-12(20)10-15(16)22-19(25)28-11-17-23-18(27-24-17)13-4-2-3-5-14(13)21/h2-7,10H,8-9,11H2,1H3. The van der Waals surface area contributed by atoms with Gasteiger partial charge in [0, 0.05) is 18.7 Å². The minimum atomic E-state index is 0.404. The van der Waals surface area contributed by atoms with Gasteiger partial charge in [-0.25, -0.2) is 4.98 Å². The molecule has 0 aliphatic rings. The lowest BCUT2D eigenvalue weighted by Gasteiger charge is -2.07. The molecule has 0 saturated heterocycles. The summed E-state index contributed by atoms with van der Waals surface area (Å²) in [7, 11) is 1.68. The zero-order valence-corrected chi connectivity index (χ0v) is 17.3. The summed E-state index contributed by atoms with van der Waals surface area (Å²) in [6.07, 6.45) is 0. The number of imidazole rings is 1. The fourth-order valence-corrected chi connectivity index (χ4v) is 4.04. The van der Waals surface area contributed by atoms with E-state index < -0.39 is 0 Å². The van der Waals surface area contributed by atoms with Crippen molar-refractivity contribution >= 4 is 46.0 Å². The Balaban J connectivity index is 1.56. The summed E-state index contributed by atoms with van der Waals surface area (Å²) >= 11 is 13.8. The van der Waals surface area contributed by atoms with Crippen LogP contribution in [0.1, 0.15) is 5.82 Å². The van der Waals surface area contributed by atoms with Crippen LogP contribution in [0.15, 0.2) is 52.1 Å². The SMILES string of the molecule is COCCn1c(SCc2noc(-c3ccccc3Cl)n2)nc2cc(Cl)ccc21. The summed E-state index contributed by atoms with van der Waals surface area (Å²) in [4.78, 5) is 9.15. The van der Waals surface area contributed by atoms with Crippen LogP contribution in [-0.2, 0) is 17.0 Å². The molecule has 0 aliphatic carbocycles. The van der Waals surface area contributed by atoms with Crippen LogP contribution in [0.5, 0.6) is 0 Å². The number of hydrogen-bond donors (Lipinski definition) is 0. The molecule has 28 heavy (non-hydrogen) atoms. The molecule has 2 aromatic heterocycles. The van der Waals surface area contributed by atoms with Crippen LogP contribution in [0.3, 0.4) is 0 Å². The highest BCUT2D eigenvalue weighted by Crippen LogP contribution is 2.30. The van der Waals surface area contributed by atoms with Gasteiger partial charge in [0.2, 0.25) is 0 Å². The highest BCUT2D eigenvalue weighted by molar-refractivity contribution is 7.98. The minimum absolute atomic E-state index is 0.404. The lowest BCUT2D eigenvalue weighted by molar-refractivity contribution is 0.186. The lowest BCUT2D eigenvalue weighted by Crippen LogP contribution is -2.05. The largest absolute Gasteiger partial charge is 0.383 e. The molecule has 0 bridgehead atoms. The van der Waals surface area contributed by atoms with Gasteiger partial charge in [-0.05, 0) is 30.3 Å². The molecular weight excluding hydrogens is 419 g/mol. The van der Waals surface area contributed by atoms with E-state index in [9.17, 15) is 0 Å². The molecule has 0 aliphatic heterocycles. The number of nitrogens with zero attached hydrogens (tertiary/aromatic N) is 4. The fourth-order valence-electron chi connectivity index (χ4n) is 2.78. The second-order valence-electron chi connectivity index (χ2n) is 5.96. The number of benzene rings is 2. The van der Waals surface area contributed by atoms with Gasteiger partial charge in [-0.2, -0.15) is 4.98 Å². The number of fused-ring (bicyclic) bond motifs is 1. The zero-order chi connectivity index (χ0) is 19.5.